The number of aryl methyl sites for hydroxylation is 1. The van der Waals surface area contributed by atoms with Crippen LogP contribution in [0, 0.1) is 12.8 Å². The standard InChI is InChI=1S/C14H19NO/c1-9(2)11-6-7-14(15-16)13-8-10(3)4-5-12(11)13/h4-5,8-9,11,16H,6-7H2,1-3H3/b15-14+. The van der Waals surface area contributed by atoms with Crippen molar-refractivity contribution in [2.24, 2.45) is 11.1 Å². The largest absolute Gasteiger partial charge is 0.411 e. The van der Waals surface area contributed by atoms with Crippen LogP contribution in [0.1, 0.15) is 49.3 Å². The van der Waals surface area contributed by atoms with E-state index in [2.05, 4.69) is 44.1 Å². The first kappa shape index (κ1) is 11.2. The maximum absolute atomic E-state index is 9.04. The van der Waals surface area contributed by atoms with Gasteiger partial charge in [-0.3, -0.25) is 0 Å². The van der Waals surface area contributed by atoms with E-state index < -0.39 is 0 Å². The van der Waals surface area contributed by atoms with Crippen molar-refractivity contribution in [3.8, 4) is 0 Å². The SMILES string of the molecule is Cc1ccc2c(c1)/C(=N/O)CCC2C(C)C. The van der Waals surface area contributed by atoms with Gasteiger partial charge in [0.15, 0.2) is 0 Å². The van der Waals surface area contributed by atoms with Crippen molar-refractivity contribution in [3.05, 3.63) is 34.9 Å². The molecule has 16 heavy (non-hydrogen) atoms. The Morgan fingerprint density at radius 1 is 1.38 bits per heavy atom. The second-order valence-electron chi connectivity index (χ2n) is 5.03. The molecule has 0 saturated heterocycles. The third-order valence-corrected chi connectivity index (χ3v) is 3.54. The Labute approximate surface area is 97.0 Å². The molecule has 0 amide bonds. The Morgan fingerprint density at radius 2 is 2.12 bits per heavy atom. The number of rotatable bonds is 1. The molecule has 0 radical (unpaired) electrons. The lowest BCUT2D eigenvalue weighted by Gasteiger charge is -2.29. The fraction of sp³-hybridized carbons (Fsp3) is 0.500. The first-order chi connectivity index (χ1) is 7.63. The van der Waals surface area contributed by atoms with Crippen LogP contribution >= 0.6 is 0 Å². The van der Waals surface area contributed by atoms with Crippen LogP contribution in [0.3, 0.4) is 0 Å². The van der Waals surface area contributed by atoms with Gasteiger partial charge in [-0.15, -0.1) is 0 Å². The summed E-state index contributed by atoms with van der Waals surface area (Å²) >= 11 is 0. The molecule has 1 aromatic carbocycles. The number of oxime groups is 1. The summed E-state index contributed by atoms with van der Waals surface area (Å²) in [6.07, 6.45) is 1.98. The van der Waals surface area contributed by atoms with Gasteiger partial charge in [-0.2, -0.15) is 0 Å². The quantitative estimate of drug-likeness (QED) is 0.564. The summed E-state index contributed by atoms with van der Waals surface area (Å²) in [5, 5.41) is 12.5. The van der Waals surface area contributed by atoms with E-state index in [0.717, 1.165) is 24.1 Å². The molecule has 0 spiro atoms. The zero-order chi connectivity index (χ0) is 11.7. The third kappa shape index (κ3) is 1.84. The maximum atomic E-state index is 9.04. The van der Waals surface area contributed by atoms with Crippen molar-refractivity contribution in [1.82, 2.24) is 0 Å². The molecule has 0 heterocycles. The van der Waals surface area contributed by atoms with E-state index in [-0.39, 0.29) is 0 Å². The topological polar surface area (TPSA) is 32.6 Å². The molecule has 2 heteroatoms. The highest BCUT2D eigenvalue weighted by molar-refractivity contribution is 6.02. The van der Waals surface area contributed by atoms with Crippen molar-refractivity contribution in [3.63, 3.8) is 0 Å². The van der Waals surface area contributed by atoms with Gasteiger partial charge in [0.05, 0.1) is 5.71 Å². The fourth-order valence-corrected chi connectivity index (χ4v) is 2.62. The highest BCUT2D eigenvalue weighted by Gasteiger charge is 2.26. The number of hydrogen-bond acceptors (Lipinski definition) is 2. The third-order valence-electron chi connectivity index (χ3n) is 3.54. The molecular weight excluding hydrogens is 198 g/mol. The molecule has 0 saturated carbocycles. The first-order valence-electron chi connectivity index (χ1n) is 5.95. The molecule has 1 atom stereocenters. The minimum Gasteiger partial charge on any atom is -0.411 e. The maximum Gasteiger partial charge on any atom is 0.0870 e. The predicted molar refractivity (Wildman–Crippen MR) is 66.3 cm³/mol. The van der Waals surface area contributed by atoms with E-state index in [1.165, 1.54) is 11.1 Å². The van der Waals surface area contributed by atoms with Gasteiger partial charge in [-0.25, -0.2) is 0 Å². The molecular formula is C14H19NO. The Hall–Kier alpha value is -1.31. The molecule has 1 aliphatic carbocycles. The van der Waals surface area contributed by atoms with Crippen LogP contribution in [-0.4, -0.2) is 10.9 Å². The Balaban J connectivity index is 2.53. The van der Waals surface area contributed by atoms with E-state index in [1.54, 1.807) is 0 Å². The van der Waals surface area contributed by atoms with E-state index in [4.69, 9.17) is 5.21 Å². The number of hydrogen-bond donors (Lipinski definition) is 1. The lowest BCUT2D eigenvalue weighted by atomic mass is 9.76. The van der Waals surface area contributed by atoms with E-state index >= 15 is 0 Å². The monoisotopic (exact) mass is 217 g/mol. The van der Waals surface area contributed by atoms with Crippen molar-refractivity contribution in [2.45, 2.75) is 39.5 Å². The minimum atomic E-state index is 0.598. The zero-order valence-corrected chi connectivity index (χ0v) is 10.2. The van der Waals surface area contributed by atoms with Gasteiger partial charge in [-0.1, -0.05) is 36.7 Å². The predicted octanol–water partition coefficient (Wildman–Crippen LogP) is 3.71. The van der Waals surface area contributed by atoms with Crippen LogP contribution in [0.15, 0.2) is 23.4 Å². The molecule has 1 aliphatic rings. The Morgan fingerprint density at radius 3 is 2.75 bits per heavy atom. The van der Waals surface area contributed by atoms with Gasteiger partial charge in [-0.05, 0) is 43.2 Å². The van der Waals surface area contributed by atoms with Crippen molar-refractivity contribution in [1.29, 1.82) is 0 Å². The Kier molecular flexibility index (Phi) is 2.99. The zero-order valence-electron chi connectivity index (χ0n) is 10.2. The van der Waals surface area contributed by atoms with Gasteiger partial charge in [0.2, 0.25) is 0 Å². The summed E-state index contributed by atoms with van der Waals surface area (Å²) in [7, 11) is 0. The number of fused-ring (bicyclic) bond motifs is 1. The molecule has 0 fully saturated rings. The lowest BCUT2D eigenvalue weighted by molar-refractivity contribution is 0.316. The highest BCUT2D eigenvalue weighted by Crippen LogP contribution is 2.37. The highest BCUT2D eigenvalue weighted by atomic mass is 16.4. The van der Waals surface area contributed by atoms with Crippen molar-refractivity contribution >= 4 is 5.71 Å². The molecule has 86 valence electrons. The van der Waals surface area contributed by atoms with Crippen molar-refractivity contribution in [2.75, 3.05) is 0 Å². The Bertz CT molecular complexity index is 421. The van der Waals surface area contributed by atoms with Crippen LogP contribution < -0.4 is 0 Å². The van der Waals surface area contributed by atoms with Gasteiger partial charge >= 0.3 is 0 Å². The molecule has 1 N–H and O–H groups in total. The van der Waals surface area contributed by atoms with Crippen LogP contribution in [0.5, 0.6) is 0 Å². The lowest BCUT2D eigenvalue weighted by Crippen LogP contribution is -2.20. The normalized spacial score (nSPS) is 22.5. The summed E-state index contributed by atoms with van der Waals surface area (Å²) in [5.74, 6) is 1.24. The van der Waals surface area contributed by atoms with Crippen LogP contribution in [0.4, 0.5) is 0 Å². The molecule has 1 unspecified atom stereocenters. The molecule has 2 nitrogen and oxygen atoms in total. The van der Waals surface area contributed by atoms with Gasteiger partial charge in [0.1, 0.15) is 0 Å². The molecule has 1 aromatic rings. The smallest absolute Gasteiger partial charge is 0.0870 e. The molecule has 0 aliphatic heterocycles. The van der Waals surface area contributed by atoms with Crippen molar-refractivity contribution < 1.29 is 5.21 Å². The second-order valence-corrected chi connectivity index (χ2v) is 5.03. The van der Waals surface area contributed by atoms with E-state index in [0.29, 0.717) is 11.8 Å². The van der Waals surface area contributed by atoms with E-state index in [1.807, 2.05) is 0 Å². The van der Waals surface area contributed by atoms with Crippen LogP contribution in [-0.2, 0) is 0 Å². The summed E-state index contributed by atoms with van der Waals surface area (Å²) in [6.45, 7) is 6.60. The average molecular weight is 217 g/mol. The summed E-state index contributed by atoms with van der Waals surface area (Å²) in [4.78, 5) is 0. The minimum absolute atomic E-state index is 0.598. The van der Waals surface area contributed by atoms with Crippen LogP contribution in [0.2, 0.25) is 0 Å². The van der Waals surface area contributed by atoms with Gasteiger partial charge < -0.3 is 5.21 Å². The molecule has 0 bridgehead atoms. The van der Waals surface area contributed by atoms with E-state index in [9.17, 15) is 0 Å². The first-order valence-corrected chi connectivity index (χ1v) is 5.95. The van der Waals surface area contributed by atoms with Gasteiger partial charge in [0.25, 0.3) is 0 Å². The number of benzene rings is 1. The summed E-state index contributed by atoms with van der Waals surface area (Å²) in [6, 6.07) is 6.48. The van der Waals surface area contributed by atoms with Crippen LogP contribution in [0.25, 0.3) is 0 Å². The molecule has 0 aromatic heterocycles. The average Bonchev–Trinajstić information content (AvgIpc) is 2.27. The summed E-state index contributed by atoms with van der Waals surface area (Å²) in [5.41, 5.74) is 4.56. The fourth-order valence-electron chi connectivity index (χ4n) is 2.62. The summed E-state index contributed by atoms with van der Waals surface area (Å²) < 4.78 is 0. The number of nitrogens with zero attached hydrogens (tertiary/aromatic N) is 1. The van der Waals surface area contributed by atoms with Gasteiger partial charge in [0, 0.05) is 5.56 Å². The molecule has 2 rings (SSSR count). The second kappa shape index (κ2) is 4.28.